The second kappa shape index (κ2) is 4.57. The summed E-state index contributed by atoms with van der Waals surface area (Å²) in [6, 6.07) is 3.86. The van der Waals surface area contributed by atoms with Crippen molar-refractivity contribution in [1.29, 1.82) is 0 Å². The number of nitrogens with one attached hydrogen (secondary N) is 1. The Hall–Kier alpha value is -1.38. The molecule has 20 heavy (non-hydrogen) atoms. The number of carbonyl (C=O) groups excluding carboxylic acids is 1. The van der Waals surface area contributed by atoms with Crippen LogP contribution in [0, 0.1) is 17.8 Å². The fourth-order valence-electron chi connectivity index (χ4n) is 5.29. The smallest absolute Gasteiger partial charge is 0.224 e. The van der Waals surface area contributed by atoms with Crippen molar-refractivity contribution in [2.24, 2.45) is 17.8 Å². The van der Waals surface area contributed by atoms with Gasteiger partial charge in [-0.25, -0.2) is 0 Å². The van der Waals surface area contributed by atoms with Gasteiger partial charge in [0.05, 0.1) is 6.42 Å². The maximum Gasteiger partial charge on any atom is 0.224 e. The molecule has 5 rings (SSSR count). The van der Waals surface area contributed by atoms with Gasteiger partial charge in [0, 0.05) is 17.9 Å². The highest BCUT2D eigenvalue weighted by Crippen LogP contribution is 2.55. The molecule has 1 heterocycles. The summed E-state index contributed by atoms with van der Waals surface area (Å²) in [5, 5.41) is 3.41. The highest BCUT2D eigenvalue weighted by Gasteiger charge is 2.51. The molecule has 106 valence electrons. The molecule has 1 N–H and O–H groups in total. The lowest BCUT2D eigenvalue weighted by molar-refractivity contribution is -0.126. The van der Waals surface area contributed by atoms with Gasteiger partial charge < -0.3 is 5.32 Å². The van der Waals surface area contributed by atoms with Crippen LogP contribution in [0.2, 0.25) is 0 Å². The first kappa shape index (κ1) is 12.4. The third kappa shape index (κ3) is 2.23. The number of aromatic nitrogens is 1. The molecule has 1 aromatic rings. The van der Waals surface area contributed by atoms with Crippen molar-refractivity contribution in [3.8, 4) is 0 Å². The van der Waals surface area contributed by atoms with Crippen LogP contribution in [-0.2, 0) is 11.2 Å². The van der Waals surface area contributed by atoms with Crippen molar-refractivity contribution in [2.45, 2.75) is 50.5 Å². The molecule has 4 bridgehead atoms. The zero-order valence-electron chi connectivity index (χ0n) is 11.8. The third-order valence-electron chi connectivity index (χ3n) is 5.56. The molecule has 4 aliphatic carbocycles. The van der Waals surface area contributed by atoms with Crippen molar-refractivity contribution >= 4 is 5.91 Å². The standard InChI is InChI=1S/C17H22N2O/c20-16(8-12-1-3-18-4-2-12)19-17-9-13-5-14(10-17)7-15(6-13)11-17/h1-4,13-15H,5-11H2,(H,19,20). The molecule has 1 aromatic heterocycles. The highest BCUT2D eigenvalue weighted by atomic mass is 16.1. The quantitative estimate of drug-likeness (QED) is 0.917. The van der Waals surface area contributed by atoms with Crippen LogP contribution in [0.3, 0.4) is 0 Å². The van der Waals surface area contributed by atoms with E-state index < -0.39 is 0 Å². The molecule has 4 aliphatic rings. The summed E-state index contributed by atoms with van der Waals surface area (Å²) in [5.41, 5.74) is 1.20. The van der Waals surface area contributed by atoms with Crippen molar-refractivity contribution in [2.75, 3.05) is 0 Å². The predicted molar refractivity (Wildman–Crippen MR) is 77.0 cm³/mol. The van der Waals surface area contributed by atoms with Crippen LogP contribution < -0.4 is 5.32 Å². The Labute approximate surface area is 120 Å². The normalized spacial score (nSPS) is 37.9. The Bertz CT molecular complexity index is 476. The second-order valence-electron chi connectivity index (χ2n) is 7.28. The summed E-state index contributed by atoms with van der Waals surface area (Å²) in [7, 11) is 0. The monoisotopic (exact) mass is 270 g/mol. The average Bonchev–Trinajstić information content (AvgIpc) is 2.37. The van der Waals surface area contributed by atoms with Gasteiger partial charge in [-0.15, -0.1) is 0 Å². The first-order valence-electron chi connectivity index (χ1n) is 7.91. The van der Waals surface area contributed by atoms with E-state index in [9.17, 15) is 4.79 Å². The van der Waals surface area contributed by atoms with Gasteiger partial charge in [0.25, 0.3) is 0 Å². The van der Waals surface area contributed by atoms with Gasteiger partial charge in [-0.3, -0.25) is 9.78 Å². The van der Waals surface area contributed by atoms with E-state index >= 15 is 0 Å². The van der Waals surface area contributed by atoms with Crippen LogP contribution in [0.5, 0.6) is 0 Å². The van der Waals surface area contributed by atoms with E-state index in [1.54, 1.807) is 12.4 Å². The van der Waals surface area contributed by atoms with Crippen LogP contribution in [0.1, 0.15) is 44.1 Å². The van der Waals surface area contributed by atoms with Crippen molar-refractivity contribution in [3.63, 3.8) is 0 Å². The lowest BCUT2D eigenvalue weighted by atomic mass is 9.53. The summed E-state index contributed by atoms with van der Waals surface area (Å²) in [6.07, 6.45) is 11.9. The van der Waals surface area contributed by atoms with Crippen LogP contribution in [0.15, 0.2) is 24.5 Å². The topological polar surface area (TPSA) is 42.0 Å². The molecule has 0 atom stereocenters. The van der Waals surface area contributed by atoms with Gasteiger partial charge in [0.15, 0.2) is 0 Å². The molecular formula is C17H22N2O. The first-order valence-corrected chi connectivity index (χ1v) is 7.91. The maximum absolute atomic E-state index is 12.4. The molecule has 0 unspecified atom stereocenters. The van der Waals surface area contributed by atoms with E-state index in [2.05, 4.69) is 10.3 Å². The Morgan fingerprint density at radius 2 is 1.65 bits per heavy atom. The summed E-state index contributed by atoms with van der Waals surface area (Å²) in [5.74, 6) is 2.82. The summed E-state index contributed by atoms with van der Waals surface area (Å²) in [4.78, 5) is 16.4. The van der Waals surface area contributed by atoms with Gasteiger partial charge in [-0.2, -0.15) is 0 Å². The SMILES string of the molecule is O=C(Cc1ccncc1)NC12CC3CC(CC(C3)C1)C2. The fourth-order valence-corrected chi connectivity index (χ4v) is 5.29. The second-order valence-corrected chi connectivity index (χ2v) is 7.28. The largest absolute Gasteiger partial charge is 0.350 e. The minimum Gasteiger partial charge on any atom is -0.350 e. The highest BCUT2D eigenvalue weighted by molar-refractivity contribution is 5.79. The van der Waals surface area contributed by atoms with Gasteiger partial charge >= 0.3 is 0 Å². The van der Waals surface area contributed by atoms with Crippen LogP contribution >= 0.6 is 0 Å². The van der Waals surface area contributed by atoms with Crippen molar-refractivity contribution in [1.82, 2.24) is 10.3 Å². The number of pyridine rings is 1. The number of nitrogens with zero attached hydrogens (tertiary/aromatic N) is 1. The van der Waals surface area contributed by atoms with E-state index in [1.807, 2.05) is 12.1 Å². The zero-order chi connectivity index (χ0) is 13.6. The molecule has 0 saturated heterocycles. The molecule has 0 aromatic carbocycles. The van der Waals surface area contributed by atoms with E-state index in [4.69, 9.17) is 0 Å². The van der Waals surface area contributed by atoms with E-state index in [-0.39, 0.29) is 11.4 Å². The Kier molecular flexibility index (Phi) is 2.83. The minimum absolute atomic E-state index is 0.138. The number of hydrogen-bond donors (Lipinski definition) is 1. The van der Waals surface area contributed by atoms with Gasteiger partial charge in [0.1, 0.15) is 0 Å². The zero-order valence-corrected chi connectivity index (χ0v) is 11.8. The Balaban J connectivity index is 1.45. The first-order chi connectivity index (χ1) is 9.71. The van der Waals surface area contributed by atoms with Gasteiger partial charge in [0.2, 0.25) is 5.91 Å². The van der Waals surface area contributed by atoms with Crippen molar-refractivity contribution < 1.29 is 4.79 Å². The Morgan fingerprint density at radius 3 is 2.20 bits per heavy atom. The lowest BCUT2D eigenvalue weighted by Gasteiger charge is -2.56. The molecular weight excluding hydrogens is 248 g/mol. The van der Waals surface area contributed by atoms with Gasteiger partial charge in [-0.05, 0) is 74.0 Å². The van der Waals surface area contributed by atoms with Crippen LogP contribution in [-0.4, -0.2) is 16.4 Å². The lowest BCUT2D eigenvalue weighted by Crippen LogP contribution is -2.60. The summed E-state index contributed by atoms with van der Waals surface area (Å²) in [6.45, 7) is 0. The fraction of sp³-hybridized carbons (Fsp3) is 0.647. The molecule has 1 amide bonds. The van der Waals surface area contributed by atoms with E-state index in [0.29, 0.717) is 6.42 Å². The van der Waals surface area contributed by atoms with E-state index in [0.717, 1.165) is 23.3 Å². The number of amides is 1. The average molecular weight is 270 g/mol. The number of carbonyl (C=O) groups is 1. The molecule has 0 radical (unpaired) electrons. The summed E-state index contributed by atoms with van der Waals surface area (Å²) < 4.78 is 0. The van der Waals surface area contributed by atoms with Crippen LogP contribution in [0.4, 0.5) is 0 Å². The molecule has 4 fully saturated rings. The van der Waals surface area contributed by atoms with Crippen LogP contribution in [0.25, 0.3) is 0 Å². The summed E-state index contributed by atoms with van der Waals surface area (Å²) >= 11 is 0. The van der Waals surface area contributed by atoms with Crippen molar-refractivity contribution in [3.05, 3.63) is 30.1 Å². The number of rotatable bonds is 3. The molecule has 0 spiro atoms. The predicted octanol–water partition coefficient (Wildman–Crippen LogP) is 2.71. The van der Waals surface area contributed by atoms with E-state index in [1.165, 1.54) is 38.5 Å². The minimum atomic E-state index is 0.138. The molecule has 4 saturated carbocycles. The molecule has 0 aliphatic heterocycles. The molecule has 3 heteroatoms. The van der Waals surface area contributed by atoms with Gasteiger partial charge in [-0.1, -0.05) is 0 Å². The third-order valence-corrected chi connectivity index (χ3v) is 5.56. The maximum atomic E-state index is 12.4. The Morgan fingerprint density at radius 1 is 1.10 bits per heavy atom. The number of hydrogen-bond acceptors (Lipinski definition) is 2. The molecule has 3 nitrogen and oxygen atoms in total.